The molecule has 1 amide bonds. The number of carbonyl (C=O) groups is 1. The number of para-hydroxylation sites is 1. The van der Waals surface area contributed by atoms with Gasteiger partial charge in [-0.2, -0.15) is 0 Å². The normalized spacial score (nSPS) is 20.6. The second-order valence-electron chi connectivity index (χ2n) is 7.41. The van der Waals surface area contributed by atoms with Crippen molar-refractivity contribution >= 4 is 33.1 Å². The number of nitrogens with zero attached hydrogens (tertiary/aromatic N) is 1. The highest BCUT2D eigenvalue weighted by molar-refractivity contribution is 7.18. The van der Waals surface area contributed by atoms with Crippen LogP contribution in [0.15, 0.2) is 48.5 Å². The van der Waals surface area contributed by atoms with Crippen molar-refractivity contribution in [3.8, 4) is 5.75 Å². The number of hydrogen-bond donors (Lipinski definition) is 2. The minimum Gasteiger partial charge on any atom is -0.497 e. The lowest BCUT2D eigenvalue weighted by atomic mass is 9.97. The predicted molar refractivity (Wildman–Crippen MR) is 113 cm³/mol. The molecule has 28 heavy (non-hydrogen) atoms. The fourth-order valence-corrected chi connectivity index (χ4v) is 5.00. The number of methoxy groups -OCH3 is 1. The van der Waals surface area contributed by atoms with Gasteiger partial charge in [0.2, 0.25) is 0 Å². The molecule has 1 fully saturated rings. The fourth-order valence-electron chi connectivity index (χ4n) is 3.90. The first-order valence-electron chi connectivity index (χ1n) is 9.79. The monoisotopic (exact) mass is 396 g/mol. The van der Waals surface area contributed by atoms with Crippen molar-refractivity contribution < 1.29 is 14.4 Å². The summed E-state index contributed by atoms with van der Waals surface area (Å²) < 4.78 is 6.48. The van der Waals surface area contributed by atoms with Gasteiger partial charge in [0, 0.05) is 11.8 Å². The van der Waals surface area contributed by atoms with Gasteiger partial charge in [0.05, 0.1) is 36.3 Å². The molecule has 0 bridgehead atoms. The van der Waals surface area contributed by atoms with Crippen molar-refractivity contribution in [2.75, 3.05) is 25.5 Å². The first-order valence-corrected chi connectivity index (χ1v) is 10.6. The van der Waals surface area contributed by atoms with E-state index in [1.807, 2.05) is 37.3 Å². The number of amides is 1. The zero-order valence-electron chi connectivity index (χ0n) is 16.3. The van der Waals surface area contributed by atoms with Crippen LogP contribution in [0.5, 0.6) is 5.75 Å². The molecule has 2 aromatic carbocycles. The fraction of sp³-hybridized carbons (Fsp3) is 0.364. The van der Waals surface area contributed by atoms with Crippen LogP contribution in [0.4, 0.5) is 5.69 Å². The molecule has 3 aromatic rings. The van der Waals surface area contributed by atoms with Crippen LogP contribution in [0.1, 0.15) is 30.7 Å². The van der Waals surface area contributed by atoms with Gasteiger partial charge >= 0.3 is 0 Å². The zero-order valence-corrected chi connectivity index (χ0v) is 17.1. The Morgan fingerprint density at radius 2 is 2.14 bits per heavy atom. The van der Waals surface area contributed by atoms with Crippen molar-refractivity contribution in [3.63, 3.8) is 0 Å². The molecule has 0 radical (unpaired) electrons. The molecule has 6 heteroatoms. The van der Waals surface area contributed by atoms with E-state index < -0.39 is 0 Å². The molecule has 1 aromatic heterocycles. The number of likely N-dealkylation sites (tertiary alicyclic amines) is 1. The molecule has 1 aliphatic heterocycles. The number of thiazole rings is 1. The van der Waals surface area contributed by atoms with Crippen LogP contribution in [0.3, 0.4) is 0 Å². The molecular weight excluding hydrogens is 370 g/mol. The number of hydrogen-bond acceptors (Lipinski definition) is 4. The number of benzene rings is 2. The number of fused-ring (bicyclic) bond motifs is 1. The van der Waals surface area contributed by atoms with Gasteiger partial charge in [0.15, 0.2) is 6.04 Å². The third-order valence-corrected chi connectivity index (χ3v) is 6.76. The summed E-state index contributed by atoms with van der Waals surface area (Å²) in [4.78, 5) is 19.0. The highest BCUT2D eigenvalue weighted by Gasteiger charge is 2.33. The molecule has 4 rings (SSSR count). The third-order valence-electron chi connectivity index (χ3n) is 5.56. The summed E-state index contributed by atoms with van der Waals surface area (Å²) in [7, 11) is 1.63. The highest BCUT2D eigenvalue weighted by atomic mass is 32.1. The number of piperidine rings is 1. The van der Waals surface area contributed by atoms with Crippen molar-refractivity contribution in [2.45, 2.75) is 31.7 Å². The van der Waals surface area contributed by atoms with E-state index in [0.717, 1.165) is 42.9 Å². The molecule has 2 heterocycles. The molecule has 1 aliphatic rings. The summed E-state index contributed by atoms with van der Waals surface area (Å²) in [6.07, 6.45) is 2.26. The van der Waals surface area contributed by atoms with E-state index in [1.165, 1.54) is 14.6 Å². The van der Waals surface area contributed by atoms with Gasteiger partial charge < -0.3 is 15.0 Å². The number of nitrogens with one attached hydrogen (secondary N) is 2. The van der Waals surface area contributed by atoms with Gasteiger partial charge in [-0.05, 0) is 44.0 Å². The van der Waals surface area contributed by atoms with Crippen LogP contribution in [-0.4, -0.2) is 37.1 Å². The van der Waals surface area contributed by atoms with E-state index in [0.29, 0.717) is 5.92 Å². The summed E-state index contributed by atoms with van der Waals surface area (Å²) >= 11 is 1.79. The maximum absolute atomic E-state index is 12.8. The number of aromatic nitrogens is 1. The first-order chi connectivity index (χ1) is 13.6. The minimum absolute atomic E-state index is 0.0493. The average molecular weight is 397 g/mol. The van der Waals surface area contributed by atoms with Crippen LogP contribution >= 0.6 is 11.3 Å². The predicted octanol–water partition coefficient (Wildman–Crippen LogP) is 3.09. The summed E-state index contributed by atoms with van der Waals surface area (Å²) in [5, 5.41) is 4.24. The standard InChI is InChI=1S/C22H25N3O2S/c1-15(21(26)23-17-8-5-9-18(13-17)27-2)25-12-6-7-16(14-25)22-24-19-10-3-4-11-20(19)28-22/h3-5,8-11,13,15-16H,6-7,12,14H2,1-2H3,(H,23,26)/p+1/t15-,16+/m1/s1. The molecule has 146 valence electrons. The Kier molecular flexibility index (Phi) is 5.59. The van der Waals surface area contributed by atoms with E-state index in [2.05, 4.69) is 23.5 Å². The zero-order chi connectivity index (χ0) is 19.5. The van der Waals surface area contributed by atoms with E-state index in [1.54, 1.807) is 18.4 Å². The molecule has 0 saturated carbocycles. The molecule has 2 N–H and O–H groups in total. The van der Waals surface area contributed by atoms with Crippen LogP contribution in [0, 0.1) is 0 Å². The summed E-state index contributed by atoms with van der Waals surface area (Å²) in [6, 6.07) is 15.7. The van der Waals surface area contributed by atoms with Crippen LogP contribution in [0.25, 0.3) is 10.2 Å². The van der Waals surface area contributed by atoms with Crippen molar-refractivity contribution in [1.82, 2.24) is 4.98 Å². The van der Waals surface area contributed by atoms with Gasteiger partial charge in [-0.3, -0.25) is 4.79 Å². The maximum Gasteiger partial charge on any atom is 0.282 e. The minimum atomic E-state index is -0.108. The number of ether oxygens (including phenoxy) is 1. The van der Waals surface area contributed by atoms with Crippen molar-refractivity contribution in [1.29, 1.82) is 0 Å². The summed E-state index contributed by atoms with van der Waals surface area (Å²) in [5.41, 5.74) is 1.86. The Morgan fingerprint density at radius 1 is 1.29 bits per heavy atom. The van der Waals surface area contributed by atoms with Crippen molar-refractivity contribution in [2.24, 2.45) is 0 Å². The Hall–Kier alpha value is -2.44. The second-order valence-corrected chi connectivity index (χ2v) is 8.48. The number of rotatable bonds is 5. The Labute approximate surface area is 169 Å². The Bertz CT molecular complexity index is 938. The van der Waals surface area contributed by atoms with Crippen LogP contribution < -0.4 is 15.0 Å². The smallest absolute Gasteiger partial charge is 0.282 e. The van der Waals surface area contributed by atoms with Gasteiger partial charge in [-0.25, -0.2) is 4.98 Å². The number of quaternary nitrogens is 1. The van der Waals surface area contributed by atoms with Crippen molar-refractivity contribution in [3.05, 3.63) is 53.5 Å². The van der Waals surface area contributed by atoms with Crippen LogP contribution in [0.2, 0.25) is 0 Å². The second kappa shape index (κ2) is 8.29. The molecule has 1 saturated heterocycles. The SMILES string of the molecule is COc1cccc(NC(=O)[C@@H](C)[NH+]2CCC[C@H](c3nc4ccccc4s3)C2)c1. The van der Waals surface area contributed by atoms with Gasteiger partial charge in [-0.15, -0.1) is 11.3 Å². The summed E-state index contributed by atoms with van der Waals surface area (Å²) in [6.45, 7) is 3.99. The van der Waals surface area contributed by atoms with Gasteiger partial charge in [-0.1, -0.05) is 18.2 Å². The molecular formula is C22H26N3O2S+. The molecule has 3 atom stereocenters. The van der Waals surface area contributed by atoms with Gasteiger partial charge in [0.25, 0.3) is 5.91 Å². The quantitative estimate of drug-likeness (QED) is 0.697. The topological polar surface area (TPSA) is 55.7 Å². The van der Waals surface area contributed by atoms with E-state index in [-0.39, 0.29) is 11.9 Å². The van der Waals surface area contributed by atoms with E-state index in [4.69, 9.17) is 9.72 Å². The lowest BCUT2D eigenvalue weighted by Crippen LogP contribution is -3.17. The molecule has 0 aliphatic carbocycles. The van der Waals surface area contributed by atoms with E-state index in [9.17, 15) is 4.79 Å². The van der Waals surface area contributed by atoms with Crippen LogP contribution in [-0.2, 0) is 4.79 Å². The summed E-state index contributed by atoms with van der Waals surface area (Å²) in [5.74, 6) is 1.22. The van der Waals surface area contributed by atoms with E-state index >= 15 is 0 Å². The lowest BCUT2D eigenvalue weighted by molar-refractivity contribution is -0.920. The highest BCUT2D eigenvalue weighted by Crippen LogP contribution is 2.30. The van der Waals surface area contributed by atoms with Gasteiger partial charge in [0.1, 0.15) is 10.8 Å². The first kappa shape index (κ1) is 18.9. The molecule has 0 spiro atoms. The molecule has 5 nitrogen and oxygen atoms in total. The number of carbonyl (C=O) groups excluding carboxylic acids is 1. The lowest BCUT2D eigenvalue weighted by Gasteiger charge is -2.32. The Balaban J connectivity index is 1.43. The number of anilines is 1. The Morgan fingerprint density at radius 3 is 2.96 bits per heavy atom. The largest absolute Gasteiger partial charge is 0.497 e. The third kappa shape index (κ3) is 4.03. The molecule has 1 unspecified atom stereocenters. The maximum atomic E-state index is 12.8. The average Bonchev–Trinajstić information content (AvgIpc) is 3.18.